The second kappa shape index (κ2) is 3.75. The van der Waals surface area contributed by atoms with Crippen molar-refractivity contribution in [3.63, 3.8) is 0 Å². The number of aryl methyl sites for hydroxylation is 1. The summed E-state index contributed by atoms with van der Waals surface area (Å²) in [4.78, 5) is 0. The van der Waals surface area contributed by atoms with Gasteiger partial charge in [0.2, 0.25) is 0 Å². The Labute approximate surface area is 93.4 Å². The molecular formula is C11H14N4O. The average molecular weight is 218 g/mol. The van der Waals surface area contributed by atoms with Gasteiger partial charge in [0.15, 0.2) is 0 Å². The molecule has 1 fully saturated rings. The first-order chi connectivity index (χ1) is 7.84. The summed E-state index contributed by atoms with van der Waals surface area (Å²) >= 11 is 0. The minimum Gasteiger partial charge on any atom is -0.467 e. The number of nitrogens with zero attached hydrogens (tertiary/aromatic N) is 3. The van der Waals surface area contributed by atoms with Crippen molar-refractivity contribution in [3.05, 3.63) is 24.3 Å². The molecule has 1 aliphatic carbocycles. The molecule has 2 aromatic heterocycles. The minimum atomic E-state index is 0.683. The standard InChI is InChI=1S/C11H14N4O/c1-15-10(6-13-14-15)9-4-5-16-11(9)7-12-8-2-3-8/h4-6,8,12H,2-3,7H2,1H3. The number of hydrogen-bond acceptors (Lipinski definition) is 4. The summed E-state index contributed by atoms with van der Waals surface area (Å²) in [5.41, 5.74) is 2.06. The molecule has 2 heterocycles. The van der Waals surface area contributed by atoms with Gasteiger partial charge >= 0.3 is 0 Å². The number of furan rings is 1. The molecule has 0 aliphatic heterocycles. The zero-order valence-electron chi connectivity index (χ0n) is 9.18. The Balaban J connectivity index is 1.83. The lowest BCUT2D eigenvalue weighted by Gasteiger charge is -2.03. The SMILES string of the molecule is Cn1nncc1-c1ccoc1CNC1CC1. The largest absolute Gasteiger partial charge is 0.467 e. The summed E-state index contributed by atoms with van der Waals surface area (Å²) in [5, 5.41) is 11.2. The van der Waals surface area contributed by atoms with Gasteiger partial charge in [0.25, 0.3) is 0 Å². The van der Waals surface area contributed by atoms with E-state index in [0.29, 0.717) is 6.04 Å². The first kappa shape index (κ1) is 9.59. The molecule has 0 unspecified atom stereocenters. The summed E-state index contributed by atoms with van der Waals surface area (Å²) in [7, 11) is 1.88. The van der Waals surface area contributed by atoms with E-state index in [1.54, 1.807) is 17.1 Å². The Hall–Kier alpha value is -1.62. The molecule has 0 spiro atoms. The Morgan fingerprint density at radius 3 is 3.12 bits per heavy atom. The van der Waals surface area contributed by atoms with Crippen LogP contribution in [0.25, 0.3) is 11.3 Å². The monoisotopic (exact) mass is 218 g/mol. The lowest BCUT2D eigenvalue weighted by atomic mass is 10.2. The van der Waals surface area contributed by atoms with Crippen molar-refractivity contribution in [1.82, 2.24) is 20.3 Å². The fraction of sp³-hybridized carbons (Fsp3) is 0.455. The lowest BCUT2D eigenvalue weighted by molar-refractivity contribution is 0.483. The summed E-state index contributed by atoms with van der Waals surface area (Å²) in [6, 6.07) is 2.64. The van der Waals surface area contributed by atoms with E-state index in [2.05, 4.69) is 15.6 Å². The molecule has 5 nitrogen and oxygen atoms in total. The number of nitrogens with one attached hydrogen (secondary N) is 1. The molecule has 0 aromatic carbocycles. The number of aromatic nitrogens is 3. The van der Waals surface area contributed by atoms with Crippen LogP contribution in [0.3, 0.4) is 0 Å². The Kier molecular flexibility index (Phi) is 2.25. The van der Waals surface area contributed by atoms with Crippen LogP contribution in [0.1, 0.15) is 18.6 Å². The molecule has 3 rings (SSSR count). The van der Waals surface area contributed by atoms with Gasteiger partial charge in [0, 0.05) is 18.7 Å². The summed E-state index contributed by atoms with van der Waals surface area (Å²) in [6.07, 6.45) is 6.03. The minimum absolute atomic E-state index is 0.683. The third kappa shape index (κ3) is 1.74. The van der Waals surface area contributed by atoms with E-state index >= 15 is 0 Å². The van der Waals surface area contributed by atoms with Crippen molar-refractivity contribution in [3.8, 4) is 11.3 Å². The van der Waals surface area contributed by atoms with Gasteiger partial charge in [0.1, 0.15) is 5.76 Å². The van der Waals surface area contributed by atoms with Gasteiger partial charge in [-0.25, -0.2) is 4.68 Å². The molecule has 0 amide bonds. The maximum atomic E-state index is 5.49. The number of rotatable bonds is 4. The summed E-state index contributed by atoms with van der Waals surface area (Å²) in [5.74, 6) is 0.956. The summed E-state index contributed by atoms with van der Waals surface area (Å²) < 4.78 is 7.25. The topological polar surface area (TPSA) is 55.9 Å². The van der Waals surface area contributed by atoms with Gasteiger partial charge in [-0.2, -0.15) is 0 Å². The van der Waals surface area contributed by atoms with E-state index in [1.165, 1.54) is 12.8 Å². The molecule has 0 bridgehead atoms. The highest BCUT2D eigenvalue weighted by atomic mass is 16.3. The van der Waals surface area contributed by atoms with E-state index in [-0.39, 0.29) is 0 Å². The molecule has 5 heteroatoms. The third-order valence-corrected chi connectivity index (χ3v) is 2.86. The van der Waals surface area contributed by atoms with E-state index in [1.807, 2.05) is 13.1 Å². The van der Waals surface area contributed by atoms with Crippen LogP contribution in [0.4, 0.5) is 0 Å². The van der Waals surface area contributed by atoms with Crippen molar-refractivity contribution in [2.24, 2.45) is 7.05 Å². The predicted molar refractivity (Wildman–Crippen MR) is 58.6 cm³/mol. The van der Waals surface area contributed by atoms with Crippen LogP contribution < -0.4 is 5.32 Å². The Morgan fingerprint density at radius 1 is 1.56 bits per heavy atom. The van der Waals surface area contributed by atoms with E-state index in [4.69, 9.17) is 4.42 Å². The highest BCUT2D eigenvalue weighted by Crippen LogP contribution is 2.25. The van der Waals surface area contributed by atoms with Crippen molar-refractivity contribution in [1.29, 1.82) is 0 Å². The zero-order valence-corrected chi connectivity index (χ0v) is 9.18. The van der Waals surface area contributed by atoms with Gasteiger partial charge in [-0.15, -0.1) is 5.10 Å². The van der Waals surface area contributed by atoms with Crippen LogP contribution in [-0.2, 0) is 13.6 Å². The third-order valence-electron chi connectivity index (χ3n) is 2.86. The molecule has 1 aliphatic rings. The maximum absolute atomic E-state index is 5.49. The van der Waals surface area contributed by atoms with Crippen LogP contribution in [0, 0.1) is 0 Å². The molecule has 84 valence electrons. The van der Waals surface area contributed by atoms with Gasteiger partial charge in [0.05, 0.1) is 24.7 Å². The lowest BCUT2D eigenvalue weighted by Crippen LogP contribution is -2.15. The predicted octanol–water partition coefficient (Wildman–Crippen LogP) is 1.33. The average Bonchev–Trinajstić information content (AvgIpc) is 2.83. The Bertz CT molecular complexity index is 484. The van der Waals surface area contributed by atoms with Gasteiger partial charge in [-0.3, -0.25) is 0 Å². The van der Waals surface area contributed by atoms with Crippen molar-refractivity contribution < 1.29 is 4.42 Å². The van der Waals surface area contributed by atoms with Crippen molar-refractivity contribution >= 4 is 0 Å². The molecular weight excluding hydrogens is 204 g/mol. The fourth-order valence-electron chi connectivity index (χ4n) is 1.76. The Morgan fingerprint density at radius 2 is 2.44 bits per heavy atom. The molecule has 0 atom stereocenters. The van der Waals surface area contributed by atoms with E-state index < -0.39 is 0 Å². The highest BCUT2D eigenvalue weighted by molar-refractivity contribution is 5.60. The first-order valence-electron chi connectivity index (χ1n) is 5.49. The van der Waals surface area contributed by atoms with E-state index in [0.717, 1.165) is 23.6 Å². The molecule has 1 N–H and O–H groups in total. The normalized spacial score (nSPS) is 15.6. The van der Waals surface area contributed by atoms with E-state index in [9.17, 15) is 0 Å². The number of hydrogen-bond donors (Lipinski definition) is 1. The van der Waals surface area contributed by atoms with Gasteiger partial charge in [-0.1, -0.05) is 5.21 Å². The van der Waals surface area contributed by atoms with Crippen LogP contribution in [0.15, 0.2) is 22.9 Å². The van der Waals surface area contributed by atoms with Gasteiger partial charge < -0.3 is 9.73 Å². The quantitative estimate of drug-likeness (QED) is 0.841. The maximum Gasteiger partial charge on any atom is 0.126 e. The van der Waals surface area contributed by atoms with Crippen LogP contribution in [0.5, 0.6) is 0 Å². The van der Waals surface area contributed by atoms with Crippen molar-refractivity contribution in [2.45, 2.75) is 25.4 Å². The fourth-order valence-corrected chi connectivity index (χ4v) is 1.76. The molecule has 0 radical (unpaired) electrons. The smallest absolute Gasteiger partial charge is 0.126 e. The second-order valence-electron chi connectivity index (χ2n) is 4.16. The molecule has 1 saturated carbocycles. The van der Waals surface area contributed by atoms with Crippen LogP contribution in [-0.4, -0.2) is 21.0 Å². The highest BCUT2D eigenvalue weighted by Gasteiger charge is 2.21. The molecule has 0 saturated heterocycles. The molecule has 2 aromatic rings. The van der Waals surface area contributed by atoms with Crippen molar-refractivity contribution in [2.75, 3.05) is 0 Å². The first-order valence-corrected chi connectivity index (χ1v) is 5.49. The van der Waals surface area contributed by atoms with Gasteiger partial charge in [-0.05, 0) is 18.9 Å². The second-order valence-corrected chi connectivity index (χ2v) is 4.16. The molecule has 16 heavy (non-hydrogen) atoms. The zero-order chi connectivity index (χ0) is 11.0. The van der Waals surface area contributed by atoms with Crippen LogP contribution in [0.2, 0.25) is 0 Å². The van der Waals surface area contributed by atoms with Crippen LogP contribution >= 0.6 is 0 Å². The summed E-state index contributed by atoms with van der Waals surface area (Å²) in [6.45, 7) is 0.776.